The van der Waals surface area contributed by atoms with Gasteiger partial charge in [-0.2, -0.15) is 10.2 Å². The van der Waals surface area contributed by atoms with Crippen molar-refractivity contribution in [3.63, 3.8) is 0 Å². The molecule has 0 unspecified atom stereocenters. The summed E-state index contributed by atoms with van der Waals surface area (Å²) in [5, 5.41) is 12.6. The third-order valence-corrected chi connectivity index (χ3v) is 7.27. The van der Waals surface area contributed by atoms with Gasteiger partial charge in [0.1, 0.15) is 17.2 Å². The first-order valence-corrected chi connectivity index (χ1v) is 12.5. The number of fused-ring (bicyclic) bond motifs is 1. The molecule has 0 bridgehead atoms. The Bertz CT molecular complexity index is 1510. The maximum atomic E-state index is 15.3. The number of likely N-dealkylation sites (tertiary alicyclic amines) is 1. The van der Waals surface area contributed by atoms with Crippen molar-refractivity contribution >= 4 is 28.5 Å². The molecule has 10 nitrogen and oxygen atoms in total. The predicted octanol–water partition coefficient (Wildman–Crippen LogP) is 2.30. The van der Waals surface area contributed by atoms with Gasteiger partial charge in [0, 0.05) is 33.1 Å². The number of aryl methyl sites for hydroxylation is 1. The summed E-state index contributed by atoms with van der Waals surface area (Å²) in [4.78, 5) is 26.6. The first-order valence-electron chi connectivity index (χ1n) is 12.5. The van der Waals surface area contributed by atoms with Gasteiger partial charge in [-0.3, -0.25) is 14.3 Å². The van der Waals surface area contributed by atoms with E-state index in [1.165, 1.54) is 12.1 Å². The second kappa shape index (κ2) is 9.95. The Morgan fingerprint density at radius 1 is 1.37 bits per heavy atom. The fourth-order valence-electron chi connectivity index (χ4n) is 5.39. The minimum atomic E-state index is -0.716. The van der Waals surface area contributed by atoms with E-state index in [9.17, 15) is 9.59 Å². The molecule has 3 aromatic rings. The molecule has 2 fully saturated rings. The minimum Gasteiger partial charge on any atom is -0.383 e. The topological polar surface area (TPSA) is 120 Å². The molecule has 11 heteroatoms. The van der Waals surface area contributed by atoms with E-state index in [1.807, 2.05) is 7.05 Å². The Labute approximate surface area is 219 Å². The smallest absolute Gasteiger partial charge is 0.255 e. The number of nitrogens with zero attached hydrogens (tertiary/aromatic N) is 5. The fourth-order valence-corrected chi connectivity index (χ4v) is 5.39. The lowest BCUT2D eigenvalue weighted by atomic mass is 10.0. The van der Waals surface area contributed by atoms with Crippen LogP contribution in [0.15, 0.2) is 24.9 Å². The highest BCUT2D eigenvalue weighted by atomic mass is 19.1. The molecule has 198 valence electrons. The molecule has 2 amide bonds. The normalized spacial score (nSPS) is 18.9. The number of primary amides is 1. The second-order valence-electron chi connectivity index (χ2n) is 9.70. The lowest BCUT2D eigenvalue weighted by molar-refractivity contribution is -0.127. The molecule has 2 aromatic heterocycles. The molecule has 2 aliphatic rings. The zero-order valence-corrected chi connectivity index (χ0v) is 21.6. The van der Waals surface area contributed by atoms with Crippen molar-refractivity contribution in [1.82, 2.24) is 24.5 Å². The Kier molecular flexibility index (Phi) is 6.67. The van der Waals surface area contributed by atoms with E-state index in [1.54, 1.807) is 34.6 Å². The number of rotatable bonds is 7. The number of amides is 2. The van der Waals surface area contributed by atoms with Crippen LogP contribution in [0.25, 0.3) is 10.9 Å². The third-order valence-electron chi connectivity index (χ3n) is 7.27. The van der Waals surface area contributed by atoms with Gasteiger partial charge in [0.2, 0.25) is 5.91 Å². The largest absolute Gasteiger partial charge is 0.383 e. The van der Waals surface area contributed by atoms with Crippen molar-refractivity contribution in [3.05, 3.63) is 53.1 Å². The SMILES string of the molecule is C=CC(=O)N1C[C@@H](n2nc(C#Cc3c(F)cc(C4CC4)c4c3cnn4C)c(C(N)=O)c2NC)C[C@@H]1COC. The van der Waals surface area contributed by atoms with Crippen molar-refractivity contribution in [3.8, 4) is 11.8 Å². The Hall–Kier alpha value is -4.17. The van der Waals surface area contributed by atoms with Crippen LogP contribution >= 0.6 is 0 Å². The molecule has 1 saturated carbocycles. The van der Waals surface area contributed by atoms with Crippen molar-refractivity contribution in [1.29, 1.82) is 0 Å². The van der Waals surface area contributed by atoms with Crippen LogP contribution in [0.3, 0.4) is 0 Å². The van der Waals surface area contributed by atoms with E-state index in [0.29, 0.717) is 36.7 Å². The van der Waals surface area contributed by atoms with Crippen molar-refractivity contribution in [2.45, 2.75) is 37.3 Å². The summed E-state index contributed by atoms with van der Waals surface area (Å²) in [5.41, 5.74) is 7.96. The zero-order chi connectivity index (χ0) is 27.1. The average Bonchev–Trinajstić information content (AvgIpc) is 3.38. The van der Waals surface area contributed by atoms with Crippen LogP contribution in [0, 0.1) is 17.7 Å². The molecule has 3 heterocycles. The number of aromatic nitrogens is 4. The van der Waals surface area contributed by atoms with E-state index >= 15 is 4.39 Å². The van der Waals surface area contributed by atoms with Gasteiger partial charge in [0.25, 0.3) is 5.91 Å². The third kappa shape index (κ3) is 4.31. The molecule has 0 spiro atoms. The molecular weight excluding hydrogens is 489 g/mol. The van der Waals surface area contributed by atoms with Gasteiger partial charge in [0.15, 0.2) is 5.69 Å². The molecule has 1 aromatic carbocycles. The molecule has 1 saturated heterocycles. The molecular formula is C27H30FN7O3. The Balaban J connectivity index is 1.58. The minimum absolute atomic E-state index is 0.106. The first-order chi connectivity index (χ1) is 18.3. The zero-order valence-electron chi connectivity index (χ0n) is 21.6. The van der Waals surface area contributed by atoms with Crippen molar-refractivity contribution in [2.24, 2.45) is 12.8 Å². The highest BCUT2D eigenvalue weighted by Gasteiger charge is 2.38. The quantitative estimate of drug-likeness (QED) is 0.365. The van der Waals surface area contributed by atoms with Gasteiger partial charge in [-0.1, -0.05) is 12.5 Å². The van der Waals surface area contributed by atoms with E-state index in [2.05, 4.69) is 33.9 Å². The monoisotopic (exact) mass is 519 g/mol. The number of halogens is 1. The van der Waals surface area contributed by atoms with Crippen LogP contribution in [0.1, 0.15) is 58.4 Å². The van der Waals surface area contributed by atoms with Gasteiger partial charge in [0.05, 0.1) is 36.0 Å². The van der Waals surface area contributed by atoms with E-state index in [4.69, 9.17) is 10.5 Å². The number of anilines is 1. The lowest BCUT2D eigenvalue weighted by Gasteiger charge is -2.22. The summed E-state index contributed by atoms with van der Waals surface area (Å²) in [7, 11) is 5.06. The maximum Gasteiger partial charge on any atom is 0.255 e. The van der Waals surface area contributed by atoms with Crippen LogP contribution < -0.4 is 11.1 Å². The number of nitrogens with one attached hydrogen (secondary N) is 1. The predicted molar refractivity (Wildman–Crippen MR) is 140 cm³/mol. The first kappa shape index (κ1) is 25.5. The fraction of sp³-hybridized carbons (Fsp3) is 0.407. The van der Waals surface area contributed by atoms with Crippen LogP contribution in [0.5, 0.6) is 0 Å². The number of carbonyl (C=O) groups excluding carboxylic acids is 2. The summed E-state index contributed by atoms with van der Waals surface area (Å²) in [6.45, 7) is 4.28. The number of benzene rings is 1. The summed E-state index contributed by atoms with van der Waals surface area (Å²) >= 11 is 0. The number of ether oxygens (including phenoxy) is 1. The maximum absolute atomic E-state index is 15.3. The van der Waals surface area contributed by atoms with Crippen LogP contribution in [-0.4, -0.2) is 69.6 Å². The average molecular weight is 520 g/mol. The molecule has 1 aliphatic heterocycles. The highest BCUT2D eigenvalue weighted by Crippen LogP contribution is 2.44. The summed E-state index contributed by atoms with van der Waals surface area (Å²) in [6, 6.07) is 1.08. The molecule has 38 heavy (non-hydrogen) atoms. The highest BCUT2D eigenvalue weighted by molar-refractivity contribution is 6.00. The molecule has 5 rings (SSSR count). The number of methoxy groups -OCH3 is 1. The number of nitrogens with two attached hydrogens (primary N) is 1. The van der Waals surface area contributed by atoms with E-state index in [-0.39, 0.29) is 34.8 Å². The van der Waals surface area contributed by atoms with Gasteiger partial charge in [-0.15, -0.1) is 0 Å². The number of hydrogen-bond donors (Lipinski definition) is 2. The number of carbonyl (C=O) groups is 2. The summed E-state index contributed by atoms with van der Waals surface area (Å²) in [6.07, 6.45) is 5.47. The Morgan fingerprint density at radius 3 is 2.76 bits per heavy atom. The number of hydrogen-bond acceptors (Lipinski definition) is 6. The van der Waals surface area contributed by atoms with Crippen molar-refractivity contribution in [2.75, 3.05) is 32.6 Å². The van der Waals surface area contributed by atoms with Crippen LogP contribution in [-0.2, 0) is 16.6 Å². The standard InChI is InChI=1S/C27H30FN7O3/c1-5-23(36)34-13-16(10-17(34)14-38-4)35-27(30-2)24(26(29)37)22(32-35)9-8-18-20-12-31-33(3)25(20)19(11-21(18)28)15-6-7-15/h5,11-12,15-17,30H,1,6-7,10,13-14H2,2-4H3,(H2,29,37)/t16-,17+/m0/s1. The van der Waals surface area contributed by atoms with Gasteiger partial charge in [-0.05, 0) is 48.8 Å². The van der Waals surface area contributed by atoms with E-state index in [0.717, 1.165) is 23.9 Å². The lowest BCUT2D eigenvalue weighted by Crippen LogP contribution is -2.37. The van der Waals surface area contributed by atoms with Crippen LogP contribution in [0.4, 0.5) is 10.2 Å². The molecule has 3 N–H and O–H groups in total. The second-order valence-corrected chi connectivity index (χ2v) is 9.70. The van der Waals surface area contributed by atoms with E-state index < -0.39 is 11.7 Å². The van der Waals surface area contributed by atoms with Gasteiger partial charge >= 0.3 is 0 Å². The Morgan fingerprint density at radius 2 is 2.13 bits per heavy atom. The van der Waals surface area contributed by atoms with Crippen LogP contribution in [0.2, 0.25) is 0 Å². The summed E-state index contributed by atoms with van der Waals surface area (Å²) < 4.78 is 24.0. The molecule has 1 aliphatic carbocycles. The molecule has 0 radical (unpaired) electrons. The van der Waals surface area contributed by atoms with Crippen molar-refractivity contribution < 1.29 is 18.7 Å². The summed E-state index contributed by atoms with van der Waals surface area (Å²) in [5.74, 6) is 5.14. The molecule has 2 atom stereocenters. The van der Waals surface area contributed by atoms with Gasteiger partial charge in [-0.25, -0.2) is 9.07 Å². The van der Waals surface area contributed by atoms with Gasteiger partial charge < -0.3 is 20.7 Å².